The Labute approximate surface area is 113 Å². The van der Waals surface area contributed by atoms with Gasteiger partial charge < -0.3 is 9.47 Å². The van der Waals surface area contributed by atoms with Crippen LogP contribution in [0.25, 0.3) is 0 Å². The normalized spacial score (nSPS) is 24.9. The zero-order chi connectivity index (χ0) is 12.0. The Hall–Kier alpha value is 0.340. The number of carbonyl (C=O) groups excluding carboxylic acids is 2. The number of ether oxygens (including phenoxy) is 2. The quantitative estimate of drug-likeness (QED) is 0.598. The van der Waals surface area contributed by atoms with Crippen molar-refractivity contribution in [3.8, 4) is 0 Å². The maximum atomic E-state index is 11.0. The van der Waals surface area contributed by atoms with E-state index in [2.05, 4.69) is 25.3 Å². The van der Waals surface area contributed by atoms with Gasteiger partial charge in [0.2, 0.25) is 0 Å². The van der Waals surface area contributed by atoms with Gasteiger partial charge in [-0.25, -0.2) is 0 Å². The van der Waals surface area contributed by atoms with Gasteiger partial charge in [-0.3, -0.25) is 9.59 Å². The fourth-order valence-corrected chi connectivity index (χ4v) is 3.59. The van der Waals surface area contributed by atoms with E-state index < -0.39 is 0 Å². The van der Waals surface area contributed by atoms with Crippen LogP contribution in [0.2, 0.25) is 0 Å². The molecule has 1 saturated heterocycles. The van der Waals surface area contributed by atoms with Crippen LogP contribution in [-0.4, -0.2) is 45.8 Å². The van der Waals surface area contributed by atoms with Crippen LogP contribution in [0, 0.1) is 0 Å². The van der Waals surface area contributed by atoms with E-state index in [0.29, 0.717) is 11.5 Å². The molecule has 0 aromatic heterocycles. The molecule has 0 spiro atoms. The molecule has 8 heteroatoms. The predicted molar refractivity (Wildman–Crippen MR) is 72.4 cm³/mol. The minimum atomic E-state index is -0.327. The predicted octanol–water partition coefficient (Wildman–Crippen LogP) is 1.06. The van der Waals surface area contributed by atoms with E-state index >= 15 is 0 Å². The molecule has 1 fully saturated rings. The van der Waals surface area contributed by atoms with Crippen molar-refractivity contribution in [2.24, 2.45) is 0 Å². The van der Waals surface area contributed by atoms with Gasteiger partial charge in [0.1, 0.15) is 0 Å². The average Bonchev–Trinajstić information content (AvgIpc) is 2.31. The molecule has 1 heterocycles. The number of hydrogen-bond acceptors (Lipinski definition) is 8. The average molecular weight is 300 g/mol. The Morgan fingerprint density at radius 1 is 1.00 bits per heavy atom. The molecule has 0 aromatic rings. The smallest absolute Gasteiger partial charge is 0.316 e. The van der Waals surface area contributed by atoms with Crippen LogP contribution in [0.15, 0.2) is 0 Å². The van der Waals surface area contributed by atoms with E-state index in [4.69, 9.17) is 9.47 Å². The van der Waals surface area contributed by atoms with Crippen molar-refractivity contribution in [2.75, 3.05) is 23.0 Å². The molecule has 1 aliphatic heterocycles. The molecule has 0 saturated carbocycles. The van der Waals surface area contributed by atoms with Gasteiger partial charge in [-0.2, -0.15) is 25.3 Å². The lowest BCUT2D eigenvalue weighted by Gasteiger charge is -2.26. The van der Waals surface area contributed by atoms with Crippen molar-refractivity contribution < 1.29 is 19.1 Å². The third kappa shape index (κ3) is 5.11. The topological polar surface area (TPSA) is 52.6 Å². The zero-order valence-corrected chi connectivity index (χ0v) is 11.7. The van der Waals surface area contributed by atoms with Gasteiger partial charge in [0.15, 0.2) is 10.9 Å². The summed E-state index contributed by atoms with van der Waals surface area (Å²) in [7, 11) is 0. The van der Waals surface area contributed by atoms with Crippen LogP contribution in [-0.2, 0) is 19.1 Å². The first-order valence-corrected chi connectivity index (χ1v) is 7.86. The second-order valence-electron chi connectivity index (χ2n) is 2.82. The lowest BCUT2D eigenvalue weighted by atomic mass is 10.7. The van der Waals surface area contributed by atoms with Gasteiger partial charge >= 0.3 is 11.9 Å². The third-order valence-corrected chi connectivity index (χ3v) is 4.82. The van der Waals surface area contributed by atoms with E-state index in [1.165, 1.54) is 23.5 Å². The highest BCUT2D eigenvalue weighted by Crippen LogP contribution is 2.31. The Balaban J connectivity index is 2.23. The van der Waals surface area contributed by atoms with Gasteiger partial charge in [0.05, 0.1) is 11.5 Å². The summed E-state index contributed by atoms with van der Waals surface area (Å²) in [6, 6.07) is 0. The second kappa shape index (κ2) is 7.62. The number of thiol groups is 2. The van der Waals surface area contributed by atoms with Crippen molar-refractivity contribution in [3.05, 3.63) is 0 Å². The second-order valence-corrected chi connectivity index (χ2v) is 5.84. The fraction of sp³-hybridized carbons (Fsp3) is 0.750. The summed E-state index contributed by atoms with van der Waals surface area (Å²) >= 11 is 10.6. The van der Waals surface area contributed by atoms with Crippen LogP contribution in [0.5, 0.6) is 0 Å². The van der Waals surface area contributed by atoms with Gasteiger partial charge in [0.25, 0.3) is 0 Å². The number of thioether (sulfide) groups is 2. The van der Waals surface area contributed by atoms with E-state index in [1.54, 1.807) is 0 Å². The number of esters is 2. The molecule has 0 N–H and O–H groups in total. The molecule has 92 valence electrons. The monoisotopic (exact) mass is 300 g/mol. The minimum absolute atomic E-state index is 0.0831. The summed E-state index contributed by atoms with van der Waals surface area (Å²) in [5, 5.41) is 0. The third-order valence-electron chi connectivity index (χ3n) is 1.62. The first-order chi connectivity index (χ1) is 7.65. The van der Waals surface area contributed by atoms with Crippen molar-refractivity contribution in [2.45, 2.75) is 10.9 Å². The lowest BCUT2D eigenvalue weighted by Crippen LogP contribution is -2.29. The SMILES string of the molecule is O=C(CS)OC1CSC(OC(=O)CS)CS1. The molecule has 2 atom stereocenters. The summed E-state index contributed by atoms with van der Waals surface area (Å²) in [6.45, 7) is 0. The van der Waals surface area contributed by atoms with Crippen molar-refractivity contribution in [1.82, 2.24) is 0 Å². The standard InChI is InChI=1S/C8H12O4S4/c9-5(1-13)11-7-3-16-8(4-15-7)12-6(10)2-14/h7-8,13-14H,1-4H2. The first kappa shape index (κ1) is 14.4. The summed E-state index contributed by atoms with van der Waals surface area (Å²) in [5.41, 5.74) is -0.341. The molecule has 0 aromatic carbocycles. The summed E-state index contributed by atoms with van der Waals surface area (Å²) < 4.78 is 10.2. The van der Waals surface area contributed by atoms with Crippen molar-refractivity contribution >= 4 is 60.7 Å². The van der Waals surface area contributed by atoms with Crippen molar-refractivity contribution in [3.63, 3.8) is 0 Å². The van der Waals surface area contributed by atoms with Crippen molar-refractivity contribution in [1.29, 1.82) is 0 Å². The largest absolute Gasteiger partial charge is 0.450 e. The number of rotatable bonds is 4. The molecule has 2 unspecified atom stereocenters. The Morgan fingerprint density at radius 2 is 1.38 bits per heavy atom. The molecule has 1 rings (SSSR count). The molecule has 0 bridgehead atoms. The molecule has 16 heavy (non-hydrogen) atoms. The van der Waals surface area contributed by atoms with E-state index in [1.807, 2.05) is 0 Å². The number of carbonyl (C=O) groups is 2. The van der Waals surface area contributed by atoms with Gasteiger partial charge in [-0.1, -0.05) is 0 Å². The van der Waals surface area contributed by atoms with E-state index in [-0.39, 0.29) is 34.3 Å². The molecular formula is C8H12O4S4. The highest BCUT2D eigenvalue weighted by atomic mass is 32.2. The Bertz CT molecular complexity index is 226. The van der Waals surface area contributed by atoms with Gasteiger partial charge in [-0.05, 0) is 0 Å². The lowest BCUT2D eigenvalue weighted by molar-refractivity contribution is -0.143. The molecule has 0 amide bonds. The maximum absolute atomic E-state index is 11.0. The summed E-state index contributed by atoms with van der Waals surface area (Å²) in [5.74, 6) is 0.752. The minimum Gasteiger partial charge on any atom is -0.450 e. The Morgan fingerprint density at radius 3 is 1.62 bits per heavy atom. The number of hydrogen-bond donors (Lipinski definition) is 2. The highest BCUT2D eigenvalue weighted by molar-refractivity contribution is 8.06. The fourth-order valence-electron chi connectivity index (χ4n) is 0.972. The molecule has 4 nitrogen and oxygen atoms in total. The Kier molecular flexibility index (Phi) is 6.86. The maximum Gasteiger partial charge on any atom is 0.316 e. The van der Waals surface area contributed by atoms with Crippen LogP contribution in [0.3, 0.4) is 0 Å². The first-order valence-electron chi connectivity index (χ1n) is 4.49. The summed E-state index contributed by atoms with van der Waals surface area (Å²) in [6.07, 6.45) is 0. The molecule has 0 radical (unpaired) electrons. The summed E-state index contributed by atoms with van der Waals surface area (Å²) in [4.78, 5) is 21.9. The van der Waals surface area contributed by atoms with E-state index in [0.717, 1.165) is 0 Å². The molecule has 1 aliphatic rings. The highest BCUT2D eigenvalue weighted by Gasteiger charge is 2.26. The van der Waals surface area contributed by atoms with Crippen LogP contribution >= 0.6 is 48.8 Å². The van der Waals surface area contributed by atoms with Crippen LogP contribution < -0.4 is 0 Å². The van der Waals surface area contributed by atoms with Gasteiger partial charge in [-0.15, -0.1) is 23.5 Å². The van der Waals surface area contributed by atoms with Crippen LogP contribution in [0.4, 0.5) is 0 Å². The molecular weight excluding hydrogens is 288 g/mol. The zero-order valence-electron chi connectivity index (χ0n) is 8.33. The molecule has 0 aliphatic carbocycles. The van der Waals surface area contributed by atoms with E-state index in [9.17, 15) is 9.59 Å². The van der Waals surface area contributed by atoms with Gasteiger partial charge in [0, 0.05) is 11.5 Å². The van der Waals surface area contributed by atoms with Crippen LogP contribution in [0.1, 0.15) is 0 Å².